The van der Waals surface area contributed by atoms with Crippen molar-refractivity contribution in [3.8, 4) is 0 Å². The summed E-state index contributed by atoms with van der Waals surface area (Å²) in [5.74, 6) is 1.85. The molecule has 0 N–H and O–H groups in total. The fourth-order valence-corrected chi connectivity index (χ4v) is 5.70. The molecule has 0 radical (unpaired) electrons. The molecule has 2 rings (SSSR count). The highest BCUT2D eigenvalue weighted by Crippen LogP contribution is 2.38. The van der Waals surface area contributed by atoms with Crippen LogP contribution in [0.5, 0.6) is 0 Å². The largest absolute Gasteiger partial charge is 0.0654 e. The first-order valence-corrected chi connectivity index (χ1v) is 14.3. The third kappa shape index (κ3) is 11.1. The van der Waals surface area contributed by atoms with E-state index in [4.69, 9.17) is 0 Å². The number of benzene rings is 1. The number of unbranched alkanes of at least 4 members (excludes halogenated alkanes) is 12. The van der Waals surface area contributed by atoms with Gasteiger partial charge in [0.05, 0.1) is 0 Å². The van der Waals surface area contributed by atoms with E-state index in [1.807, 2.05) is 0 Å². The first-order valence-electron chi connectivity index (χ1n) is 14.3. The summed E-state index contributed by atoms with van der Waals surface area (Å²) in [6, 6.07) is 7.48. The maximum atomic E-state index is 2.54. The van der Waals surface area contributed by atoms with E-state index >= 15 is 0 Å². The van der Waals surface area contributed by atoms with Crippen molar-refractivity contribution in [2.45, 2.75) is 155 Å². The lowest BCUT2D eigenvalue weighted by Crippen LogP contribution is -2.13. The van der Waals surface area contributed by atoms with Gasteiger partial charge in [0.25, 0.3) is 0 Å². The Labute approximate surface area is 196 Å². The van der Waals surface area contributed by atoms with Crippen LogP contribution in [-0.2, 0) is 6.42 Å². The van der Waals surface area contributed by atoms with Crippen LogP contribution in [0.15, 0.2) is 18.2 Å². The predicted octanol–water partition coefficient (Wildman–Crippen LogP) is 10.7. The van der Waals surface area contributed by atoms with Crippen LogP contribution in [0.3, 0.4) is 0 Å². The van der Waals surface area contributed by atoms with Crippen molar-refractivity contribution < 1.29 is 0 Å². The molecular weight excluding hydrogens is 372 g/mol. The highest BCUT2D eigenvalue weighted by atomic mass is 14.3. The van der Waals surface area contributed by atoms with Gasteiger partial charge >= 0.3 is 0 Å². The zero-order valence-corrected chi connectivity index (χ0v) is 21.5. The van der Waals surface area contributed by atoms with Crippen LogP contribution in [0.1, 0.15) is 158 Å². The molecule has 1 aliphatic rings. The lowest BCUT2D eigenvalue weighted by Gasteiger charge is -2.29. The van der Waals surface area contributed by atoms with Crippen molar-refractivity contribution in [1.82, 2.24) is 0 Å². The second-order valence-electron chi connectivity index (χ2n) is 10.7. The van der Waals surface area contributed by atoms with E-state index in [9.17, 15) is 0 Å². The van der Waals surface area contributed by atoms with Crippen molar-refractivity contribution in [3.05, 3.63) is 34.9 Å². The van der Waals surface area contributed by atoms with Crippen molar-refractivity contribution in [2.75, 3.05) is 0 Å². The van der Waals surface area contributed by atoms with Crippen LogP contribution < -0.4 is 0 Å². The summed E-state index contributed by atoms with van der Waals surface area (Å²) in [5.41, 5.74) is 4.79. The zero-order chi connectivity index (χ0) is 22.2. The van der Waals surface area contributed by atoms with Crippen LogP contribution in [0.2, 0.25) is 0 Å². The quantitative estimate of drug-likeness (QED) is 0.217. The molecule has 0 saturated heterocycles. The molecular formula is C31H54. The number of aryl methyl sites for hydroxylation is 2. The van der Waals surface area contributed by atoms with Gasteiger partial charge < -0.3 is 0 Å². The predicted molar refractivity (Wildman–Crippen MR) is 140 cm³/mol. The second-order valence-corrected chi connectivity index (χ2v) is 10.7. The second kappa shape index (κ2) is 16.8. The summed E-state index contributed by atoms with van der Waals surface area (Å²) in [6.45, 7) is 6.96. The molecule has 1 aromatic rings. The SMILES string of the molecule is CCCCCCCCCc1ccc(C2CCC(CCCCCCCCC)CC2)cc1C. The van der Waals surface area contributed by atoms with Gasteiger partial charge in [0, 0.05) is 0 Å². The summed E-state index contributed by atoms with van der Waals surface area (Å²) in [6.07, 6.45) is 28.6. The molecule has 0 bridgehead atoms. The summed E-state index contributed by atoms with van der Waals surface area (Å²) >= 11 is 0. The minimum atomic E-state index is 0.830. The highest BCUT2D eigenvalue weighted by molar-refractivity contribution is 5.33. The van der Waals surface area contributed by atoms with Crippen LogP contribution >= 0.6 is 0 Å². The van der Waals surface area contributed by atoms with E-state index in [0.717, 1.165) is 11.8 Å². The third-order valence-corrected chi connectivity index (χ3v) is 7.95. The average Bonchev–Trinajstić information content (AvgIpc) is 2.79. The van der Waals surface area contributed by atoms with Crippen LogP contribution in [0.25, 0.3) is 0 Å². The van der Waals surface area contributed by atoms with Crippen molar-refractivity contribution in [2.24, 2.45) is 5.92 Å². The van der Waals surface area contributed by atoms with Crippen molar-refractivity contribution in [1.29, 1.82) is 0 Å². The Kier molecular flexibility index (Phi) is 14.3. The molecule has 0 atom stereocenters. The van der Waals surface area contributed by atoms with Gasteiger partial charge in [0.1, 0.15) is 0 Å². The normalized spacial score (nSPS) is 19.1. The standard InChI is InChI=1S/C31H54/c1-4-6-8-10-12-14-16-18-28-20-22-30(23-21-28)31-25-24-29(27(3)26-31)19-17-15-13-11-9-7-5-2/h24-26,28,30H,4-23H2,1-3H3. The summed E-state index contributed by atoms with van der Waals surface area (Å²) in [4.78, 5) is 0. The lowest BCUT2D eigenvalue weighted by molar-refractivity contribution is 0.301. The molecule has 0 nitrogen and oxygen atoms in total. The Hall–Kier alpha value is -0.780. The molecule has 0 aliphatic heterocycles. The topological polar surface area (TPSA) is 0 Å². The van der Waals surface area contributed by atoms with E-state index < -0.39 is 0 Å². The Bertz CT molecular complexity index is 549. The fourth-order valence-electron chi connectivity index (χ4n) is 5.70. The summed E-state index contributed by atoms with van der Waals surface area (Å²) in [5, 5.41) is 0. The van der Waals surface area contributed by atoms with Gasteiger partial charge in [-0.2, -0.15) is 0 Å². The van der Waals surface area contributed by atoms with Crippen molar-refractivity contribution >= 4 is 0 Å². The van der Waals surface area contributed by atoms with Gasteiger partial charge in [-0.25, -0.2) is 0 Å². The number of hydrogen-bond donors (Lipinski definition) is 0. The molecule has 1 saturated carbocycles. The first kappa shape index (κ1) is 26.5. The molecule has 1 aliphatic carbocycles. The molecule has 0 amide bonds. The molecule has 0 heterocycles. The average molecular weight is 427 g/mol. The first-order chi connectivity index (χ1) is 15.2. The maximum Gasteiger partial charge on any atom is -0.0162 e. The number of rotatable bonds is 17. The lowest BCUT2D eigenvalue weighted by atomic mass is 9.76. The van der Waals surface area contributed by atoms with E-state index in [-0.39, 0.29) is 0 Å². The minimum Gasteiger partial charge on any atom is -0.0654 e. The molecule has 0 aromatic heterocycles. The van der Waals surface area contributed by atoms with Crippen LogP contribution in [0.4, 0.5) is 0 Å². The monoisotopic (exact) mass is 426 g/mol. The van der Waals surface area contributed by atoms with Gasteiger partial charge in [-0.3, -0.25) is 0 Å². The molecule has 0 unspecified atom stereocenters. The minimum absolute atomic E-state index is 0.830. The third-order valence-electron chi connectivity index (χ3n) is 7.95. The van der Waals surface area contributed by atoms with E-state index in [1.165, 1.54) is 128 Å². The van der Waals surface area contributed by atoms with E-state index in [0.29, 0.717) is 0 Å². The number of hydrogen-bond acceptors (Lipinski definition) is 0. The van der Waals surface area contributed by atoms with Gasteiger partial charge in [-0.15, -0.1) is 0 Å². The van der Waals surface area contributed by atoms with Crippen LogP contribution in [0, 0.1) is 12.8 Å². The highest BCUT2D eigenvalue weighted by Gasteiger charge is 2.22. The van der Waals surface area contributed by atoms with E-state index in [1.54, 1.807) is 16.7 Å². The Morgan fingerprint density at radius 3 is 1.77 bits per heavy atom. The Balaban J connectivity index is 1.60. The fraction of sp³-hybridized carbons (Fsp3) is 0.806. The Morgan fingerprint density at radius 1 is 0.645 bits per heavy atom. The molecule has 1 fully saturated rings. The molecule has 31 heavy (non-hydrogen) atoms. The zero-order valence-electron chi connectivity index (χ0n) is 21.5. The van der Waals surface area contributed by atoms with Crippen LogP contribution in [-0.4, -0.2) is 0 Å². The summed E-state index contributed by atoms with van der Waals surface area (Å²) in [7, 11) is 0. The summed E-state index contributed by atoms with van der Waals surface area (Å²) < 4.78 is 0. The van der Waals surface area contributed by atoms with Gasteiger partial charge in [-0.1, -0.05) is 122 Å². The maximum absolute atomic E-state index is 2.54. The Morgan fingerprint density at radius 2 is 1.19 bits per heavy atom. The molecule has 0 heteroatoms. The van der Waals surface area contributed by atoms with Gasteiger partial charge in [0.2, 0.25) is 0 Å². The molecule has 1 aromatic carbocycles. The molecule has 0 spiro atoms. The van der Waals surface area contributed by atoms with Crippen molar-refractivity contribution in [3.63, 3.8) is 0 Å². The van der Waals surface area contributed by atoms with Gasteiger partial charge in [-0.05, 0) is 74.0 Å². The van der Waals surface area contributed by atoms with E-state index in [2.05, 4.69) is 39.0 Å². The van der Waals surface area contributed by atoms with Gasteiger partial charge in [0.15, 0.2) is 0 Å². The molecule has 178 valence electrons. The smallest absolute Gasteiger partial charge is 0.0162 e.